The number of halogens is 2. The summed E-state index contributed by atoms with van der Waals surface area (Å²) in [5.74, 6) is -0.0151. The lowest BCUT2D eigenvalue weighted by molar-refractivity contribution is -0.136. The number of likely N-dealkylation sites (tertiary alicyclic amines) is 1. The summed E-state index contributed by atoms with van der Waals surface area (Å²) in [5.41, 5.74) is 0.673. The van der Waals surface area contributed by atoms with Gasteiger partial charge in [-0.25, -0.2) is 12.8 Å². The molecule has 0 spiro atoms. The number of sulfone groups is 1. The van der Waals surface area contributed by atoms with Crippen LogP contribution in [0.3, 0.4) is 0 Å². The van der Waals surface area contributed by atoms with E-state index in [0.29, 0.717) is 24.4 Å². The van der Waals surface area contributed by atoms with E-state index in [9.17, 15) is 17.6 Å². The number of ether oxygens (including phenoxy) is 1. The first-order chi connectivity index (χ1) is 15.8. The van der Waals surface area contributed by atoms with Crippen molar-refractivity contribution in [1.29, 1.82) is 0 Å². The van der Waals surface area contributed by atoms with E-state index in [4.69, 9.17) is 4.74 Å². The van der Waals surface area contributed by atoms with Crippen LogP contribution in [0.15, 0.2) is 53.4 Å². The van der Waals surface area contributed by atoms with Crippen molar-refractivity contribution in [3.8, 4) is 0 Å². The molecule has 2 aromatic rings. The minimum Gasteiger partial charge on any atom is -0.384 e. The first kappa shape index (κ1) is 24.6. The minimum atomic E-state index is -3.88. The number of hydrogen-bond donors (Lipinski definition) is 0. The highest BCUT2D eigenvalue weighted by Gasteiger charge is 2.52. The van der Waals surface area contributed by atoms with Gasteiger partial charge < -0.3 is 9.64 Å². The SMILES string of the molecule is COC[C@H]1CC[C@H](C(=O)N2CC[C@](c3ccc(I)cc3)(S(=O)(=O)c3ccc(F)cc3)C2)CC1. The van der Waals surface area contributed by atoms with Crippen LogP contribution in [0, 0.1) is 21.2 Å². The van der Waals surface area contributed by atoms with Crippen molar-refractivity contribution in [2.75, 3.05) is 26.8 Å². The van der Waals surface area contributed by atoms with Crippen LogP contribution in [0.4, 0.5) is 4.39 Å². The monoisotopic (exact) mass is 585 g/mol. The fourth-order valence-corrected chi connectivity index (χ4v) is 7.68. The Morgan fingerprint density at radius 1 is 1.09 bits per heavy atom. The molecule has 2 fully saturated rings. The molecule has 5 nitrogen and oxygen atoms in total. The molecule has 1 saturated heterocycles. The van der Waals surface area contributed by atoms with Crippen LogP contribution >= 0.6 is 22.6 Å². The number of benzene rings is 2. The van der Waals surface area contributed by atoms with Gasteiger partial charge in [-0.3, -0.25) is 4.79 Å². The van der Waals surface area contributed by atoms with Gasteiger partial charge in [-0.15, -0.1) is 0 Å². The Labute approximate surface area is 208 Å². The highest BCUT2D eigenvalue weighted by molar-refractivity contribution is 14.1. The summed E-state index contributed by atoms with van der Waals surface area (Å²) < 4.78 is 46.4. The Hall–Kier alpha value is -1.52. The molecule has 1 amide bonds. The number of hydrogen-bond acceptors (Lipinski definition) is 4. The molecule has 1 saturated carbocycles. The van der Waals surface area contributed by atoms with Crippen molar-refractivity contribution in [2.24, 2.45) is 11.8 Å². The molecular weight excluding hydrogens is 556 g/mol. The van der Waals surface area contributed by atoms with Gasteiger partial charge in [0.25, 0.3) is 0 Å². The lowest BCUT2D eigenvalue weighted by Crippen LogP contribution is -2.42. The Morgan fingerprint density at radius 3 is 2.33 bits per heavy atom. The highest BCUT2D eigenvalue weighted by Crippen LogP contribution is 2.44. The normalized spacial score (nSPS) is 25.8. The maximum atomic E-state index is 13.9. The summed E-state index contributed by atoms with van der Waals surface area (Å²) >= 11 is 2.19. The molecular formula is C25H29FINO4S. The van der Waals surface area contributed by atoms with Crippen LogP contribution in [0.25, 0.3) is 0 Å². The molecule has 1 atom stereocenters. The van der Waals surface area contributed by atoms with Crippen LogP contribution in [0.1, 0.15) is 37.7 Å². The zero-order valence-electron chi connectivity index (χ0n) is 18.7. The van der Waals surface area contributed by atoms with Crippen LogP contribution in [0.5, 0.6) is 0 Å². The Balaban J connectivity index is 1.63. The molecule has 1 heterocycles. The number of nitrogens with zero attached hydrogens (tertiary/aromatic N) is 1. The second kappa shape index (κ2) is 10.00. The Bertz CT molecular complexity index is 1080. The van der Waals surface area contributed by atoms with Gasteiger partial charge in [-0.05, 0) is 103 Å². The summed E-state index contributed by atoms with van der Waals surface area (Å²) in [6.45, 7) is 1.23. The standard InChI is InChI=1S/C25H29FINO4S/c1-32-16-18-2-4-19(5-3-18)24(29)28-15-14-25(17-28,20-6-10-22(27)11-7-20)33(30,31)23-12-8-21(26)9-13-23/h6-13,18-19H,2-5,14-17H2,1H3/t18-,19-,25-/m0/s1. The third-order valence-electron chi connectivity index (χ3n) is 7.15. The molecule has 0 unspecified atom stereocenters. The third-order valence-corrected chi connectivity index (χ3v) is 10.4. The molecule has 8 heteroatoms. The number of carbonyl (C=O) groups is 1. The molecule has 4 rings (SSSR count). The zero-order valence-corrected chi connectivity index (χ0v) is 21.6. The smallest absolute Gasteiger partial charge is 0.225 e. The summed E-state index contributed by atoms with van der Waals surface area (Å²) in [6.07, 6.45) is 3.84. The number of carbonyl (C=O) groups excluding carboxylic acids is 1. The van der Waals surface area contributed by atoms with E-state index < -0.39 is 20.4 Å². The fraction of sp³-hybridized carbons (Fsp3) is 0.480. The Kier molecular flexibility index (Phi) is 7.45. The molecule has 0 radical (unpaired) electrons. The average molecular weight is 585 g/mol. The van der Waals surface area contributed by atoms with Crippen molar-refractivity contribution < 1.29 is 22.3 Å². The van der Waals surface area contributed by atoms with Crippen molar-refractivity contribution in [3.63, 3.8) is 0 Å². The predicted molar refractivity (Wildman–Crippen MR) is 133 cm³/mol. The van der Waals surface area contributed by atoms with Crippen molar-refractivity contribution >= 4 is 38.3 Å². The first-order valence-corrected chi connectivity index (χ1v) is 13.9. The largest absolute Gasteiger partial charge is 0.384 e. The van der Waals surface area contributed by atoms with Crippen LogP contribution in [-0.2, 0) is 24.1 Å². The van der Waals surface area contributed by atoms with Gasteiger partial charge in [0, 0.05) is 36.3 Å². The van der Waals surface area contributed by atoms with Gasteiger partial charge in [-0.1, -0.05) is 12.1 Å². The predicted octanol–water partition coefficient (Wildman–Crippen LogP) is 4.78. The van der Waals surface area contributed by atoms with E-state index in [2.05, 4.69) is 22.6 Å². The Morgan fingerprint density at radius 2 is 1.73 bits per heavy atom. The zero-order chi connectivity index (χ0) is 23.6. The molecule has 33 heavy (non-hydrogen) atoms. The van der Waals surface area contributed by atoms with Gasteiger partial charge in [0.2, 0.25) is 5.91 Å². The quantitative estimate of drug-likeness (QED) is 0.362. The minimum absolute atomic E-state index is 0.0487. The molecule has 0 bridgehead atoms. The maximum absolute atomic E-state index is 13.9. The van der Waals surface area contributed by atoms with Crippen molar-refractivity contribution in [1.82, 2.24) is 4.90 Å². The molecule has 0 aromatic heterocycles. The van der Waals surface area contributed by atoms with E-state index in [-0.39, 0.29) is 23.3 Å². The maximum Gasteiger partial charge on any atom is 0.225 e. The average Bonchev–Trinajstić information content (AvgIpc) is 3.27. The van der Waals surface area contributed by atoms with Gasteiger partial charge in [0.05, 0.1) is 4.90 Å². The molecule has 2 aromatic carbocycles. The number of methoxy groups -OCH3 is 1. The topological polar surface area (TPSA) is 63.7 Å². The highest BCUT2D eigenvalue weighted by atomic mass is 127. The van der Waals surface area contributed by atoms with Gasteiger partial charge >= 0.3 is 0 Å². The summed E-state index contributed by atoms with van der Waals surface area (Å²) in [7, 11) is -2.17. The van der Waals surface area contributed by atoms with Crippen LogP contribution < -0.4 is 0 Å². The number of amides is 1. The van der Waals surface area contributed by atoms with Gasteiger partial charge in [0.1, 0.15) is 10.6 Å². The third kappa shape index (κ3) is 4.84. The fourth-order valence-electron chi connectivity index (χ4n) is 5.24. The van der Waals surface area contributed by atoms with Crippen LogP contribution in [0.2, 0.25) is 0 Å². The van der Waals surface area contributed by atoms with Crippen molar-refractivity contribution in [2.45, 2.75) is 41.7 Å². The molecule has 0 N–H and O–H groups in total. The van der Waals surface area contributed by atoms with E-state index >= 15 is 0 Å². The number of rotatable bonds is 6. The lowest BCUT2D eigenvalue weighted by atomic mass is 9.81. The van der Waals surface area contributed by atoms with Gasteiger partial charge in [0.15, 0.2) is 9.84 Å². The second-order valence-corrected chi connectivity index (χ2v) is 12.6. The van der Waals surface area contributed by atoms with E-state index in [1.165, 1.54) is 24.3 Å². The van der Waals surface area contributed by atoms with E-state index in [1.807, 2.05) is 24.3 Å². The molecule has 2 aliphatic rings. The van der Waals surface area contributed by atoms with E-state index in [0.717, 1.165) is 35.9 Å². The second-order valence-electron chi connectivity index (χ2n) is 9.14. The first-order valence-electron chi connectivity index (χ1n) is 11.3. The lowest BCUT2D eigenvalue weighted by Gasteiger charge is -2.32. The van der Waals surface area contributed by atoms with E-state index in [1.54, 1.807) is 12.0 Å². The van der Waals surface area contributed by atoms with Gasteiger partial charge in [-0.2, -0.15) is 0 Å². The summed E-state index contributed by atoms with van der Waals surface area (Å²) in [5, 5.41) is 0. The van der Waals surface area contributed by atoms with Crippen molar-refractivity contribution in [3.05, 3.63) is 63.5 Å². The molecule has 178 valence electrons. The van der Waals surface area contributed by atoms with Crippen LogP contribution in [-0.4, -0.2) is 46.0 Å². The molecule has 1 aliphatic carbocycles. The molecule has 1 aliphatic heterocycles. The summed E-state index contributed by atoms with van der Waals surface area (Å²) in [4.78, 5) is 15.2. The summed E-state index contributed by atoms with van der Waals surface area (Å²) in [6, 6.07) is 12.4.